The summed E-state index contributed by atoms with van der Waals surface area (Å²) in [4.78, 5) is 10.3. The van der Waals surface area contributed by atoms with Crippen molar-refractivity contribution < 1.29 is 9.90 Å². The number of carbonyl (C=O) groups excluding carboxylic acids is 1. The van der Waals surface area contributed by atoms with Crippen molar-refractivity contribution in [2.45, 2.75) is 19.1 Å². The van der Waals surface area contributed by atoms with E-state index in [1.54, 1.807) is 0 Å². The molecule has 3 nitrogen and oxygen atoms in total. The molecule has 0 radical (unpaired) electrons. The molecule has 0 saturated carbocycles. The van der Waals surface area contributed by atoms with Crippen molar-refractivity contribution in [3.05, 3.63) is 35.4 Å². The SMILES string of the molecule is N[C@H](C=O)Cc1ccc(CO)cc1. The van der Waals surface area contributed by atoms with Gasteiger partial charge in [0.1, 0.15) is 6.29 Å². The van der Waals surface area contributed by atoms with Crippen molar-refractivity contribution >= 4 is 6.29 Å². The number of carbonyl (C=O) groups is 1. The summed E-state index contributed by atoms with van der Waals surface area (Å²) in [5, 5.41) is 8.78. The summed E-state index contributed by atoms with van der Waals surface area (Å²) in [6.45, 7) is 0.0417. The third-order valence-electron chi connectivity index (χ3n) is 1.85. The molecule has 1 aromatic rings. The maximum atomic E-state index is 10.3. The van der Waals surface area contributed by atoms with Crippen molar-refractivity contribution in [1.82, 2.24) is 0 Å². The van der Waals surface area contributed by atoms with Crippen LogP contribution in [0.15, 0.2) is 24.3 Å². The molecule has 13 heavy (non-hydrogen) atoms. The monoisotopic (exact) mass is 179 g/mol. The molecule has 3 N–H and O–H groups in total. The van der Waals surface area contributed by atoms with Gasteiger partial charge in [-0.15, -0.1) is 0 Å². The number of aliphatic hydroxyl groups excluding tert-OH is 1. The lowest BCUT2D eigenvalue weighted by Gasteiger charge is -2.04. The first-order chi connectivity index (χ1) is 6.26. The van der Waals surface area contributed by atoms with Crippen molar-refractivity contribution in [2.75, 3.05) is 0 Å². The van der Waals surface area contributed by atoms with Gasteiger partial charge in [0, 0.05) is 0 Å². The minimum absolute atomic E-state index is 0.0417. The molecule has 0 bridgehead atoms. The van der Waals surface area contributed by atoms with E-state index in [1.807, 2.05) is 24.3 Å². The normalized spacial score (nSPS) is 12.5. The predicted molar refractivity (Wildman–Crippen MR) is 50.1 cm³/mol. The first kappa shape index (κ1) is 9.89. The summed E-state index contributed by atoms with van der Waals surface area (Å²) in [6, 6.07) is 6.96. The third kappa shape index (κ3) is 2.97. The molecule has 0 aliphatic carbocycles. The predicted octanol–water partition coefficient (Wildman–Crippen LogP) is 0.248. The Balaban J connectivity index is 2.63. The van der Waals surface area contributed by atoms with E-state index in [-0.39, 0.29) is 6.61 Å². The molecule has 0 spiro atoms. The zero-order valence-corrected chi connectivity index (χ0v) is 7.31. The highest BCUT2D eigenvalue weighted by Gasteiger charge is 2.01. The van der Waals surface area contributed by atoms with Crippen LogP contribution in [-0.2, 0) is 17.8 Å². The Hall–Kier alpha value is -1.19. The lowest BCUT2D eigenvalue weighted by atomic mass is 10.1. The molecule has 3 heteroatoms. The number of benzene rings is 1. The Morgan fingerprint density at radius 1 is 1.31 bits per heavy atom. The van der Waals surface area contributed by atoms with Crippen LogP contribution in [0.4, 0.5) is 0 Å². The molecular weight excluding hydrogens is 166 g/mol. The van der Waals surface area contributed by atoms with E-state index in [0.29, 0.717) is 6.42 Å². The summed E-state index contributed by atoms with van der Waals surface area (Å²) in [7, 11) is 0. The molecule has 0 fully saturated rings. The summed E-state index contributed by atoms with van der Waals surface area (Å²) in [6.07, 6.45) is 1.29. The van der Waals surface area contributed by atoms with Crippen molar-refractivity contribution in [3.8, 4) is 0 Å². The van der Waals surface area contributed by atoms with Gasteiger partial charge in [-0.1, -0.05) is 24.3 Å². The van der Waals surface area contributed by atoms with Crippen LogP contribution in [0, 0.1) is 0 Å². The molecule has 1 atom stereocenters. The second kappa shape index (κ2) is 4.74. The molecule has 0 aromatic heterocycles. The van der Waals surface area contributed by atoms with Crippen LogP contribution in [0.1, 0.15) is 11.1 Å². The molecule has 70 valence electrons. The summed E-state index contributed by atoms with van der Waals surface area (Å²) >= 11 is 0. The second-order valence-electron chi connectivity index (χ2n) is 2.98. The molecule has 0 saturated heterocycles. The van der Waals surface area contributed by atoms with E-state index in [0.717, 1.165) is 17.4 Å². The highest BCUT2D eigenvalue weighted by atomic mass is 16.3. The highest BCUT2D eigenvalue weighted by Crippen LogP contribution is 2.05. The van der Waals surface area contributed by atoms with Gasteiger partial charge in [-0.2, -0.15) is 0 Å². The zero-order chi connectivity index (χ0) is 9.68. The van der Waals surface area contributed by atoms with Gasteiger partial charge in [-0.05, 0) is 17.5 Å². The van der Waals surface area contributed by atoms with Crippen LogP contribution in [0.5, 0.6) is 0 Å². The molecule has 0 aliphatic rings. The van der Waals surface area contributed by atoms with Crippen molar-refractivity contribution in [3.63, 3.8) is 0 Å². The maximum Gasteiger partial charge on any atom is 0.137 e. The number of rotatable bonds is 4. The second-order valence-corrected chi connectivity index (χ2v) is 2.98. The Kier molecular flexibility index (Phi) is 3.61. The number of hydrogen-bond acceptors (Lipinski definition) is 3. The molecular formula is C10H13NO2. The number of aliphatic hydroxyl groups is 1. The fourth-order valence-electron chi connectivity index (χ4n) is 1.10. The minimum atomic E-state index is -0.431. The van der Waals surface area contributed by atoms with E-state index in [9.17, 15) is 4.79 Å². The van der Waals surface area contributed by atoms with E-state index in [4.69, 9.17) is 10.8 Å². The van der Waals surface area contributed by atoms with Crippen molar-refractivity contribution in [1.29, 1.82) is 0 Å². The first-order valence-corrected chi connectivity index (χ1v) is 4.16. The molecule has 1 rings (SSSR count). The van der Waals surface area contributed by atoms with Crippen molar-refractivity contribution in [2.24, 2.45) is 5.73 Å². The Labute approximate surface area is 77.2 Å². The van der Waals surface area contributed by atoms with Crippen LogP contribution >= 0.6 is 0 Å². The standard InChI is InChI=1S/C10H13NO2/c11-10(7-13)5-8-1-3-9(6-12)4-2-8/h1-4,7,10,12H,5-6,11H2/t10-/m0/s1. The summed E-state index contributed by atoms with van der Waals surface area (Å²) in [5.74, 6) is 0. The van der Waals surface area contributed by atoms with E-state index < -0.39 is 6.04 Å². The van der Waals surface area contributed by atoms with Gasteiger partial charge in [0.25, 0.3) is 0 Å². The smallest absolute Gasteiger partial charge is 0.137 e. The molecule has 0 heterocycles. The molecule has 0 amide bonds. The van der Waals surface area contributed by atoms with Gasteiger partial charge in [0.2, 0.25) is 0 Å². The van der Waals surface area contributed by atoms with Gasteiger partial charge in [0.15, 0.2) is 0 Å². The summed E-state index contributed by atoms with van der Waals surface area (Å²) in [5.41, 5.74) is 7.33. The zero-order valence-electron chi connectivity index (χ0n) is 7.31. The van der Waals surface area contributed by atoms with E-state index >= 15 is 0 Å². The molecule has 0 unspecified atom stereocenters. The average molecular weight is 179 g/mol. The first-order valence-electron chi connectivity index (χ1n) is 4.16. The van der Waals surface area contributed by atoms with Gasteiger partial charge >= 0.3 is 0 Å². The quantitative estimate of drug-likeness (QED) is 0.651. The van der Waals surface area contributed by atoms with Gasteiger partial charge in [0.05, 0.1) is 12.6 Å². The Bertz CT molecular complexity index is 269. The van der Waals surface area contributed by atoms with Crippen LogP contribution in [0.25, 0.3) is 0 Å². The van der Waals surface area contributed by atoms with Crippen LogP contribution in [0.3, 0.4) is 0 Å². The van der Waals surface area contributed by atoms with Gasteiger partial charge < -0.3 is 15.6 Å². The number of aldehydes is 1. The largest absolute Gasteiger partial charge is 0.392 e. The van der Waals surface area contributed by atoms with E-state index in [1.165, 1.54) is 0 Å². The van der Waals surface area contributed by atoms with Crippen LogP contribution < -0.4 is 5.73 Å². The lowest BCUT2D eigenvalue weighted by Crippen LogP contribution is -2.23. The lowest BCUT2D eigenvalue weighted by molar-refractivity contribution is -0.108. The van der Waals surface area contributed by atoms with Crippen LogP contribution in [-0.4, -0.2) is 17.4 Å². The molecule has 1 aromatic carbocycles. The topological polar surface area (TPSA) is 63.3 Å². The fourth-order valence-corrected chi connectivity index (χ4v) is 1.10. The maximum absolute atomic E-state index is 10.3. The van der Waals surface area contributed by atoms with Gasteiger partial charge in [-0.3, -0.25) is 0 Å². The average Bonchev–Trinajstić information content (AvgIpc) is 2.19. The van der Waals surface area contributed by atoms with E-state index in [2.05, 4.69) is 0 Å². The molecule has 0 aliphatic heterocycles. The highest BCUT2D eigenvalue weighted by molar-refractivity contribution is 5.57. The summed E-state index contributed by atoms with van der Waals surface area (Å²) < 4.78 is 0. The Morgan fingerprint density at radius 2 is 1.85 bits per heavy atom. The minimum Gasteiger partial charge on any atom is -0.392 e. The fraction of sp³-hybridized carbons (Fsp3) is 0.300. The number of nitrogens with two attached hydrogens (primary N) is 1. The van der Waals surface area contributed by atoms with Crippen LogP contribution in [0.2, 0.25) is 0 Å². The Morgan fingerprint density at radius 3 is 2.31 bits per heavy atom. The third-order valence-corrected chi connectivity index (χ3v) is 1.85. The van der Waals surface area contributed by atoms with Gasteiger partial charge in [-0.25, -0.2) is 0 Å². The number of hydrogen-bond donors (Lipinski definition) is 2.